The van der Waals surface area contributed by atoms with Crippen molar-refractivity contribution in [2.24, 2.45) is 0 Å². The average Bonchev–Trinajstić information content (AvgIpc) is 3.87. The fraction of sp³-hybridized carbons (Fsp3) is 0. The van der Waals surface area contributed by atoms with E-state index in [9.17, 15) is 0 Å². The zero-order valence-corrected chi connectivity index (χ0v) is 27.2. The quantitative estimate of drug-likeness (QED) is 0.190. The number of rotatable bonds is 4. The van der Waals surface area contributed by atoms with Crippen LogP contribution in [0.2, 0.25) is 0 Å². The van der Waals surface area contributed by atoms with Crippen LogP contribution in [0.25, 0.3) is 105 Å². The van der Waals surface area contributed by atoms with E-state index in [1.54, 1.807) is 0 Å². The van der Waals surface area contributed by atoms with Crippen LogP contribution in [0, 0.1) is 0 Å². The highest BCUT2D eigenvalue weighted by Gasteiger charge is 2.16. The zero-order chi connectivity index (χ0) is 33.5. The summed E-state index contributed by atoms with van der Waals surface area (Å²) in [5.74, 6) is 0.644. The van der Waals surface area contributed by atoms with Gasteiger partial charge in [0.1, 0.15) is 22.3 Å². The van der Waals surface area contributed by atoms with Gasteiger partial charge in [-0.3, -0.25) is 0 Å². The third-order valence-electron chi connectivity index (χ3n) is 10.0. The molecule has 0 saturated heterocycles. The fourth-order valence-corrected chi connectivity index (χ4v) is 7.60. The smallest absolute Gasteiger partial charge is 0.160 e. The Hall–Kier alpha value is -6.98. The Balaban J connectivity index is 1.08. The van der Waals surface area contributed by atoms with E-state index in [2.05, 4.69) is 132 Å². The number of aromatic nitrogens is 3. The second-order valence-corrected chi connectivity index (χ2v) is 13.0. The molecule has 0 bridgehead atoms. The average molecular weight is 654 g/mol. The second kappa shape index (κ2) is 10.8. The molecule has 51 heavy (non-hydrogen) atoms. The number of para-hydroxylation sites is 4. The second-order valence-electron chi connectivity index (χ2n) is 13.0. The minimum atomic E-state index is 0.644. The molecule has 0 aliphatic carbocycles. The van der Waals surface area contributed by atoms with Crippen LogP contribution in [-0.2, 0) is 0 Å². The van der Waals surface area contributed by atoms with Gasteiger partial charge in [-0.15, -0.1) is 0 Å². The number of furan rings is 2. The first-order chi connectivity index (χ1) is 25.2. The van der Waals surface area contributed by atoms with Crippen molar-refractivity contribution in [3.63, 3.8) is 0 Å². The van der Waals surface area contributed by atoms with Crippen LogP contribution in [0.4, 0.5) is 0 Å². The van der Waals surface area contributed by atoms with Gasteiger partial charge < -0.3 is 13.4 Å². The van der Waals surface area contributed by atoms with Gasteiger partial charge >= 0.3 is 0 Å². The summed E-state index contributed by atoms with van der Waals surface area (Å²) in [6, 6.07) is 56.7. The molecular weight excluding hydrogens is 627 g/mol. The minimum Gasteiger partial charge on any atom is -0.456 e. The molecule has 4 heterocycles. The Morgan fingerprint density at radius 3 is 1.31 bits per heavy atom. The van der Waals surface area contributed by atoms with Gasteiger partial charge in [0.05, 0.1) is 22.4 Å². The Morgan fingerprint density at radius 2 is 0.784 bits per heavy atom. The maximum absolute atomic E-state index is 6.27. The standard InChI is InChI=1S/C46H27N3O2/c1-5-13-40-32(9-1)33-10-2-6-14-41(33)49(40)31-21-17-28(18-22-31)46-47-38(29-19-23-36-34-11-3-7-15-42(34)50-44(36)25-29)27-39(48-46)30-20-24-37-35-12-4-8-16-43(35)51-45(37)26-30/h1-27H. The van der Waals surface area contributed by atoms with Gasteiger partial charge in [-0.05, 0) is 78.9 Å². The molecule has 238 valence electrons. The number of fused-ring (bicyclic) bond motifs is 9. The first-order valence-electron chi connectivity index (χ1n) is 17.1. The summed E-state index contributed by atoms with van der Waals surface area (Å²) >= 11 is 0. The van der Waals surface area contributed by atoms with Crippen molar-refractivity contribution in [3.8, 4) is 39.6 Å². The number of hydrogen-bond donors (Lipinski definition) is 0. The predicted molar refractivity (Wildman–Crippen MR) is 207 cm³/mol. The van der Waals surface area contributed by atoms with E-state index < -0.39 is 0 Å². The third kappa shape index (κ3) is 4.35. The maximum atomic E-state index is 6.27. The summed E-state index contributed by atoms with van der Waals surface area (Å²) < 4.78 is 14.9. The van der Waals surface area contributed by atoms with Crippen molar-refractivity contribution in [1.82, 2.24) is 14.5 Å². The van der Waals surface area contributed by atoms with Crippen LogP contribution >= 0.6 is 0 Å². The Morgan fingerprint density at radius 1 is 0.353 bits per heavy atom. The fourth-order valence-electron chi connectivity index (χ4n) is 7.60. The lowest BCUT2D eigenvalue weighted by molar-refractivity contribution is 0.668. The number of nitrogens with zero attached hydrogens (tertiary/aromatic N) is 3. The molecule has 0 saturated carbocycles. The predicted octanol–water partition coefficient (Wildman–Crippen LogP) is 12.4. The highest BCUT2D eigenvalue weighted by Crippen LogP contribution is 2.37. The van der Waals surface area contributed by atoms with Gasteiger partial charge in [-0.1, -0.05) is 84.9 Å². The summed E-state index contributed by atoms with van der Waals surface area (Å²) in [4.78, 5) is 10.3. The molecule has 0 aliphatic heterocycles. The highest BCUT2D eigenvalue weighted by atomic mass is 16.3. The SMILES string of the molecule is c1ccc2c(c1)oc1cc(-c3cc(-c4ccc5c(c4)oc4ccccc45)nc(-c4ccc(-n5c6ccccc6c6ccccc65)cc4)n3)ccc12. The monoisotopic (exact) mass is 653 g/mol. The molecule has 11 aromatic rings. The van der Waals surface area contributed by atoms with Gasteiger partial charge in [0.25, 0.3) is 0 Å². The highest BCUT2D eigenvalue weighted by molar-refractivity contribution is 6.09. The Kier molecular flexibility index (Phi) is 5.89. The molecule has 5 nitrogen and oxygen atoms in total. The lowest BCUT2D eigenvalue weighted by atomic mass is 10.0. The van der Waals surface area contributed by atoms with E-state index in [4.69, 9.17) is 18.8 Å². The molecule has 0 spiro atoms. The van der Waals surface area contributed by atoms with Gasteiger partial charge in [-0.2, -0.15) is 0 Å². The molecule has 0 amide bonds. The van der Waals surface area contributed by atoms with Gasteiger partial charge in [0.15, 0.2) is 5.82 Å². The normalized spacial score (nSPS) is 11.9. The van der Waals surface area contributed by atoms with Crippen LogP contribution in [0.15, 0.2) is 173 Å². The molecule has 0 fully saturated rings. The van der Waals surface area contributed by atoms with Gasteiger partial charge in [0.2, 0.25) is 0 Å². The van der Waals surface area contributed by atoms with Crippen LogP contribution in [0.1, 0.15) is 0 Å². The van der Waals surface area contributed by atoms with Crippen LogP contribution < -0.4 is 0 Å². The molecule has 7 aromatic carbocycles. The Labute approximate surface area is 291 Å². The molecule has 0 unspecified atom stereocenters. The van der Waals surface area contributed by atoms with Gasteiger partial charge in [0, 0.05) is 54.7 Å². The third-order valence-corrected chi connectivity index (χ3v) is 10.0. The van der Waals surface area contributed by atoms with Crippen molar-refractivity contribution in [3.05, 3.63) is 164 Å². The van der Waals surface area contributed by atoms with Gasteiger partial charge in [-0.25, -0.2) is 9.97 Å². The van der Waals surface area contributed by atoms with E-state index in [0.717, 1.165) is 77.6 Å². The molecule has 0 N–H and O–H groups in total. The van der Waals surface area contributed by atoms with E-state index >= 15 is 0 Å². The number of hydrogen-bond acceptors (Lipinski definition) is 4. The van der Waals surface area contributed by atoms with Crippen molar-refractivity contribution in [1.29, 1.82) is 0 Å². The summed E-state index contributed by atoms with van der Waals surface area (Å²) in [5, 5.41) is 6.84. The minimum absolute atomic E-state index is 0.644. The first kappa shape index (κ1) is 27.9. The number of benzene rings is 7. The molecular formula is C46H27N3O2. The maximum Gasteiger partial charge on any atom is 0.160 e. The summed E-state index contributed by atoms with van der Waals surface area (Å²) in [6.45, 7) is 0. The lowest BCUT2D eigenvalue weighted by Crippen LogP contribution is -1.97. The van der Waals surface area contributed by atoms with E-state index in [-0.39, 0.29) is 0 Å². The zero-order valence-electron chi connectivity index (χ0n) is 27.2. The molecule has 4 aromatic heterocycles. The molecule has 0 atom stereocenters. The molecule has 11 rings (SSSR count). The van der Waals surface area contributed by atoms with E-state index in [1.807, 2.05) is 36.4 Å². The van der Waals surface area contributed by atoms with Crippen molar-refractivity contribution in [2.45, 2.75) is 0 Å². The molecule has 5 heteroatoms. The first-order valence-corrected chi connectivity index (χ1v) is 17.1. The van der Waals surface area contributed by atoms with E-state index in [1.165, 1.54) is 21.8 Å². The summed E-state index contributed by atoms with van der Waals surface area (Å²) in [5.41, 5.74) is 11.3. The molecule has 0 aliphatic rings. The Bertz CT molecular complexity index is 2960. The van der Waals surface area contributed by atoms with Crippen LogP contribution in [0.3, 0.4) is 0 Å². The van der Waals surface area contributed by atoms with Crippen molar-refractivity contribution >= 4 is 65.7 Å². The summed E-state index contributed by atoms with van der Waals surface area (Å²) in [7, 11) is 0. The van der Waals surface area contributed by atoms with Crippen molar-refractivity contribution < 1.29 is 8.83 Å². The topological polar surface area (TPSA) is 57.0 Å². The van der Waals surface area contributed by atoms with E-state index in [0.29, 0.717) is 5.82 Å². The summed E-state index contributed by atoms with van der Waals surface area (Å²) in [6.07, 6.45) is 0. The van der Waals surface area contributed by atoms with Crippen molar-refractivity contribution in [2.75, 3.05) is 0 Å². The lowest BCUT2D eigenvalue weighted by Gasteiger charge is -2.11. The largest absolute Gasteiger partial charge is 0.456 e. The van der Waals surface area contributed by atoms with Crippen LogP contribution in [-0.4, -0.2) is 14.5 Å². The van der Waals surface area contributed by atoms with Crippen LogP contribution in [0.5, 0.6) is 0 Å². The molecule has 0 radical (unpaired) electrons.